The fraction of sp³-hybridized carbons (Fsp3) is 0.263. The topological polar surface area (TPSA) is 66.4 Å². The van der Waals surface area contributed by atoms with Gasteiger partial charge in [-0.1, -0.05) is 42.5 Å². The van der Waals surface area contributed by atoms with E-state index in [9.17, 15) is 14.7 Å². The molecule has 2 atom stereocenters. The third-order valence-corrected chi connectivity index (χ3v) is 5.14. The zero-order chi connectivity index (χ0) is 16.0. The van der Waals surface area contributed by atoms with Gasteiger partial charge in [-0.15, -0.1) is 0 Å². The van der Waals surface area contributed by atoms with Crippen molar-refractivity contribution in [2.24, 2.45) is 0 Å². The number of carboxylic acid groups (broad SMARTS) is 1. The van der Waals surface area contributed by atoms with Gasteiger partial charge in [-0.05, 0) is 42.0 Å². The van der Waals surface area contributed by atoms with Crippen LogP contribution in [0.25, 0.3) is 0 Å². The van der Waals surface area contributed by atoms with Crippen LogP contribution in [-0.4, -0.2) is 22.5 Å². The predicted molar refractivity (Wildman–Crippen MR) is 85.5 cm³/mol. The van der Waals surface area contributed by atoms with E-state index in [-0.39, 0.29) is 5.91 Å². The fourth-order valence-electron chi connectivity index (χ4n) is 4.10. The molecule has 1 amide bonds. The molecule has 0 bridgehead atoms. The Labute approximate surface area is 134 Å². The Hall–Kier alpha value is -2.62. The van der Waals surface area contributed by atoms with Crippen molar-refractivity contribution in [2.45, 2.75) is 30.7 Å². The van der Waals surface area contributed by atoms with Crippen LogP contribution >= 0.6 is 0 Å². The van der Waals surface area contributed by atoms with Gasteiger partial charge in [0.15, 0.2) is 0 Å². The van der Waals surface area contributed by atoms with Gasteiger partial charge in [-0.2, -0.15) is 0 Å². The van der Waals surface area contributed by atoms with Crippen molar-refractivity contribution in [3.05, 3.63) is 70.8 Å². The van der Waals surface area contributed by atoms with Gasteiger partial charge < -0.3 is 10.4 Å². The van der Waals surface area contributed by atoms with E-state index in [0.717, 1.165) is 12.0 Å². The molecular formula is C19H17NO3. The van der Waals surface area contributed by atoms with Crippen LogP contribution in [0.1, 0.15) is 39.4 Å². The summed E-state index contributed by atoms with van der Waals surface area (Å²) in [6.45, 7) is 0. The van der Waals surface area contributed by atoms with Crippen molar-refractivity contribution < 1.29 is 14.7 Å². The molecule has 1 aliphatic heterocycles. The first-order valence-electron chi connectivity index (χ1n) is 7.82. The number of carbonyl (C=O) groups is 2. The van der Waals surface area contributed by atoms with Gasteiger partial charge >= 0.3 is 5.97 Å². The number of fused-ring (bicyclic) bond motifs is 2. The molecule has 0 saturated carbocycles. The normalized spacial score (nSPS) is 25.4. The van der Waals surface area contributed by atoms with Gasteiger partial charge in [0, 0.05) is 5.56 Å². The summed E-state index contributed by atoms with van der Waals surface area (Å²) >= 11 is 0. The molecule has 1 heterocycles. The number of hydrogen-bond donors (Lipinski definition) is 2. The van der Waals surface area contributed by atoms with Crippen LogP contribution < -0.4 is 5.32 Å². The molecular weight excluding hydrogens is 290 g/mol. The molecule has 1 aliphatic carbocycles. The Kier molecular flexibility index (Phi) is 3.01. The van der Waals surface area contributed by atoms with Crippen molar-refractivity contribution in [2.75, 3.05) is 0 Å². The van der Waals surface area contributed by atoms with E-state index in [2.05, 4.69) is 11.4 Å². The Morgan fingerprint density at radius 1 is 1.09 bits per heavy atom. The fourth-order valence-corrected chi connectivity index (χ4v) is 4.10. The number of aliphatic carboxylic acids is 1. The van der Waals surface area contributed by atoms with Gasteiger partial charge in [0.25, 0.3) is 5.91 Å². The van der Waals surface area contributed by atoms with Crippen LogP contribution in [0, 0.1) is 0 Å². The van der Waals surface area contributed by atoms with E-state index in [1.165, 1.54) is 5.56 Å². The van der Waals surface area contributed by atoms with Crippen molar-refractivity contribution in [3.63, 3.8) is 0 Å². The Balaban J connectivity index is 1.86. The quantitative estimate of drug-likeness (QED) is 0.851. The van der Waals surface area contributed by atoms with Crippen LogP contribution in [0.4, 0.5) is 0 Å². The molecule has 0 fully saturated rings. The number of hydrogen-bond acceptors (Lipinski definition) is 2. The number of nitrogens with one attached hydrogen (secondary N) is 1. The summed E-state index contributed by atoms with van der Waals surface area (Å²) in [5.74, 6) is -1.76. The van der Waals surface area contributed by atoms with Crippen molar-refractivity contribution >= 4 is 11.9 Å². The average molecular weight is 307 g/mol. The largest absolute Gasteiger partial charge is 0.481 e. The maximum absolute atomic E-state index is 12.5. The Morgan fingerprint density at radius 3 is 2.57 bits per heavy atom. The van der Waals surface area contributed by atoms with Crippen molar-refractivity contribution in [1.82, 2.24) is 5.32 Å². The first-order chi connectivity index (χ1) is 11.1. The first-order valence-corrected chi connectivity index (χ1v) is 7.82. The standard InChI is InChI=1S/C19H17NO3/c21-17-15-8-4-3-7-14(15)16(18(22)23)19(20-17)10-9-12-5-1-2-6-13(12)11-19/h1-8,16H,9-11H2,(H,20,21)(H,22,23). The van der Waals surface area contributed by atoms with Gasteiger partial charge in [0.1, 0.15) is 5.92 Å². The van der Waals surface area contributed by atoms with E-state index < -0.39 is 17.4 Å². The van der Waals surface area contributed by atoms with Gasteiger partial charge in [-0.3, -0.25) is 9.59 Å². The van der Waals surface area contributed by atoms with Crippen LogP contribution in [0.5, 0.6) is 0 Å². The second-order valence-corrected chi connectivity index (χ2v) is 6.41. The van der Waals surface area contributed by atoms with Crippen molar-refractivity contribution in [3.8, 4) is 0 Å². The number of aryl methyl sites for hydroxylation is 1. The Bertz CT molecular complexity index is 814. The lowest BCUT2D eigenvalue weighted by molar-refractivity contribution is -0.141. The third kappa shape index (κ3) is 2.05. The van der Waals surface area contributed by atoms with Crippen LogP contribution in [-0.2, 0) is 17.6 Å². The number of carbonyl (C=O) groups excluding carboxylic acids is 1. The lowest BCUT2D eigenvalue weighted by atomic mass is 9.65. The lowest BCUT2D eigenvalue weighted by Gasteiger charge is -2.46. The number of rotatable bonds is 1. The van der Waals surface area contributed by atoms with E-state index in [0.29, 0.717) is 24.0 Å². The molecule has 2 aromatic rings. The van der Waals surface area contributed by atoms with Crippen LogP contribution in [0.15, 0.2) is 48.5 Å². The zero-order valence-electron chi connectivity index (χ0n) is 12.6. The molecule has 2 aromatic carbocycles. The summed E-state index contributed by atoms with van der Waals surface area (Å²) in [5, 5.41) is 12.9. The molecule has 2 unspecified atom stereocenters. The highest BCUT2D eigenvalue weighted by Gasteiger charge is 2.51. The number of benzene rings is 2. The molecule has 4 nitrogen and oxygen atoms in total. The monoisotopic (exact) mass is 307 g/mol. The predicted octanol–water partition coefficient (Wildman–Crippen LogP) is 2.53. The lowest BCUT2D eigenvalue weighted by Crippen LogP contribution is -2.61. The minimum absolute atomic E-state index is 0.169. The molecule has 0 saturated heterocycles. The minimum Gasteiger partial charge on any atom is -0.481 e. The average Bonchev–Trinajstić information content (AvgIpc) is 2.54. The molecule has 4 rings (SSSR count). The molecule has 2 N–H and O–H groups in total. The zero-order valence-corrected chi connectivity index (χ0v) is 12.6. The van der Waals surface area contributed by atoms with Gasteiger partial charge in [0.2, 0.25) is 0 Å². The highest BCUT2D eigenvalue weighted by Crippen LogP contribution is 2.43. The third-order valence-electron chi connectivity index (χ3n) is 5.14. The maximum atomic E-state index is 12.5. The highest BCUT2D eigenvalue weighted by atomic mass is 16.4. The van der Waals surface area contributed by atoms with Crippen LogP contribution in [0.2, 0.25) is 0 Å². The molecule has 0 radical (unpaired) electrons. The summed E-state index contributed by atoms with van der Waals surface area (Å²) in [7, 11) is 0. The summed E-state index contributed by atoms with van der Waals surface area (Å²) in [6, 6.07) is 15.1. The van der Waals surface area contributed by atoms with E-state index >= 15 is 0 Å². The summed E-state index contributed by atoms with van der Waals surface area (Å²) in [5.41, 5.74) is 2.73. The molecule has 4 heteroatoms. The Morgan fingerprint density at radius 2 is 1.78 bits per heavy atom. The van der Waals surface area contributed by atoms with Gasteiger partial charge in [0.05, 0.1) is 5.54 Å². The second kappa shape index (κ2) is 4.95. The first kappa shape index (κ1) is 14.0. The molecule has 1 spiro atoms. The maximum Gasteiger partial charge on any atom is 0.313 e. The van der Waals surface area contributed by atoms with Crippen molar-refractivity contribution in [1.29, 1.82) is 0 Å². The SMILES string of the molecule is O=C1NC2(CCc3ccccc3C2)C(C(=O)O)c2ccccc21. The molecule has 0 aromatic heterocycles. The summed E-state index contributed by atoms with van der Waals surface area (Å²) in [6.07, 6.45) is 1.98. The smallest absolute Gasteiger partial charge is 0.313 e. The molecule has 116 valence electrons. The number of amides is 1. The molecule has 23 heavy (non-hydrogen) atoms. The van der Waals surface area contributed by atoms with Crippen LogP contribution in [0.3, 0.4) is 0 Å². The highest BCUT2D eigenvalue weighted by molar-refractivity contribution is 6.01. The van der Waals surface area contributed by atoms with E-state index in [1.54, 1.807) is 24.3 Å². The van der Waals surface area contributed by atoms with Gasteiger partial charge in [-0.25, -0.2) is 0 Å². The molecule has 2 aliphatic rings. The van der Waals surface area contributed by atoms with E-state index in [1.807, 2.05) is 18.2 Å². The van der Waals surface area contributed by atoms with E-state index in [4.69, 9.17) is 0 Å². The second-order valence-electron chi connectivity index (χ2n) is 6.41. The number of carboxylic acids is 1. The minimum atomic E-state index is -0.878. The summed E-state index contributed by atoms with van der Waals surface area (Å²) in [4.78, 5) is 24.6. The summed E-state index contributed by atoms with van der Waals surface area (Å²) < 4.78 is 0.